The van der Waals surface area contributed by atoms with Crippen molar-refractivity contribution in [2.24, 2.45) is 9.98 Å². The van der Waals surface area contributed by atoms with Crippen molar-refractivity contribution in [3.05, 3.63) is 29.7 Å². The molecule has 15 heavy (non-hydrogen) atoms. The number of rotatable bonds is 0. The molecule has 1 aliphatic heterocycles. The summed E-state index contributed by atoms with van der Waals surface area (Å²) in [5.74, 6) is 2.72. The molecule has 0 saturated carbocycles. The average molecular weight is 199 g/mol. The number of pyridine rings is 1. The van der Waals surface area contributed by atoms with Crippen molar-refractivity contribution in [3.63, 3.8) is 0 Å². The van der Waals surface area contributed by atoms with Crippen molar-refractivity contribution >= 4 is 17.8 Å². The Kier molecular flexibility index (Phi) is 2.25. The zero-order valence-electron chi connectivity index (χ0n) is 9.15. The van der Waals surface area contributed by atoms with Gasteiger partial charge < -0.3 is 0 Å². The molecule has 76 valence electrons. The predicted molar refractivity (Wildman–Crippen MR) is 62.2 cm³/mol. The molecule has 0 amide bonds. The molecule has 0 radical (unpaired) electrons. The summed E-state index contributed by atoms with van der Waals surface area (Å²) in [6, 6.07) is 3.96. The van der Waals surface area contributed by atoms with E-state index in [1.807, 2.05) is 12.1 Å². The monoisotopic (exact) mass is 199 g/mol. The summed E-state index contributed by atoms with van der Waals surface area (Å²) in [7, 11) is 0. The van der Waals surface area contributed by atoms with E-state index in [9.17, 15) is 0 Å². The third kappa shape index (κ3) is 2.03. The fraction of sp³-hybridized carbons (Fsp3) is 0.333. The summed E-state index contributed by atoms with van der Waals surface area (Å²) in [5.41, 5.74) is 2.72. The van der Waals surface area contributed by atoms with E-state index < -0.39 is 0 Å². The lowest BCUT2D eigenvalue weighted by atomic mass is 9.91. The summed E-state index contributed by atoms with van der Waals surface area (Å²) in [4.78, 5) is 12.7. The summed E-state index contributed by atoms with van der Waals surface area (Å²) < 4.78 is 0. The molecular formula is C12H13N3. The van der Waals surface area contributed by atoms with E-state index in [4.69, 9.17) is 0 Å². The summed E-state index contributed by atoms with van der Waals surface area (Å²) in [6.45, 7) is 6.41. The third-order valence-electron chi connectivity index (χ3n) is 2.18. The van der Waals surface area contributed by atoms with E-state index in [1.54, 1.807) is 12.4 Å². The molecule has 3 nitrogen and oxygen atoms in total. The van der Waals surface area contributed by atoms with Crippen molar-refractivity contribution in [3.8, 4) is 0 Å². The Morgan fingerprint density at radius 2 is 2.00 bits per heavy atom. The fourth-order valence-corrected chi connectivity index (χ4v) is 1.31. The van der Waals surface area contributed by atoms with E-state index in [0.717, 1.165) is 17.1 Å². The normalized spacial score (nSPS) is 13.8. The van der Waals surface area contributed by atoms with Crippen molar-refractivity contribution in [2.75, 3.05) is 0 Å². The molecule has 0 spiro atoms. The second-order valence-electron chi connectivity index (χ2n) is 4.50. The highest BCUT2D eigenvalue weighted by atomic mass is 14.9. The maximum atomic E-state index is 4.54. The van der Waals surface area contributed by atoms with Gasteiger partial charge in [-0.25, -0.2) is 9.98 Å². The van der Waals surface area contributed by atoms with Crippen LogP contribution in [0.1, 0.15) is 32.2 Å². The summed E-state index contributed by atoms with van der Waals surface area (Å²) in [5, 5.41) is 0. The lowest BCUT2D eigenvalue weighted by Crippen LogP contribution is -2.14. The van der Waals surface area contributed by atoms with Crippen LogP contribution in [-0.4, -0.2) is 17.1 Å². The Hall–Kier alpha value is -1.73. The van der Waals surface area contributed by atoms with Gasteiger partial charge in [-0.1, -0.05) is 20.8 Å². The van der Waals surface area contributed by atoms with Crippen LogP contribution in [0.5, 0.6) is 0 Å². The molecule has 1 aromatic rings. The minimum atomic E-state index is 0.0479. The minimum absolute atomic E-state index is 0.0479. The predicted octanol–water partition coefficient (Wildman–Crippen LogP) is 2.63. The highest BCUT2D eigenvalue weighted by Crippen LogP contribution is 2.24. The number of nitrogens with zero attached hydrogens (tertiary/aromatic N) is 3. The van der Waals surface area contributed by atoms with Crippen molar-refractivity contribution < 1.29 is 0 Å². The van der Waals surface area contributed by atoms with Gasteiger partial charge in [-0.2, -0.15) is 0 Å². The van der Waals surface area contributed by atoms with E-state index >= 15 is 0 Å². The zero-order chi connectivity index (χ0) is 10.9. The maximum Gasteiger partial charge on any atom is 0.108 e. The fourth-order valence-electron chi connectivity index (χ4n) is 1.31. The second kappa shape index (κ2) is 3.44. The Balaban J connectivity index is 2.54. The first-order valence-corrected chi connectivity index (χ1v) is 4.90. The molecule has 2 heterocycles. The molecule has 0 fully saturated rings. The molecule has 0 saturated heterocycles. The summed E-state index contributed by atoms with van der Waals surface area (Å²) >= 11 is 0. The third-order valence-corrected chi connectivity index (χ3v) is 2.18. The summed E-state index contributed by atoms with van der Waals surface area (Å²) in [6.07, 6.45) is 3.26. The quantitative estimate of drug-likeness (QED) is 0.632. The number of fused-ring (bicyclic) bond motifs is 1. The van der Waals surface area contributed by atoms with Gasteiger partial charge in [-0.15, -0.1) is 0 Å². The lowest BCUT2D eigenvalue weighted by molar-refractivity contribution is 0.569. The van der Waals surface area contributed by atoms with Gasteiger partial charge >= 0.3 is 0 Å². The van der Waals surface area contributed by atoms with Crippen LogP contribution in [0.15, 0.2) is 28.3 Å². The molecule has 0 bridgehead atoms. The Labute approximate surface area is 89.3 Å². The van der Waals surface area contributed by atoms with Gasteiger partial charge in [0.25, 0.3) is 0 Å². The first kappa shape index (κ1) is 9.81. The molecule has 0 aromatic carbocycles. The van der Waals surface area contributed by atoms with Crippen LogP contribution in [0.25, 0.3) is 0 Å². The second-order valence-corrected chi connectivity index (χ2v) is 4.50. The zero-order valence-corrected chi connectivity index (χ0v) is 9.15. The molecule has 1 aromatic heterocycles. The van der Waals surface area contributed by atoms with Crippen LogP contribution in [0.4, 0.5) is 5.69 Å². The molecule has 2 rings (SSSR count). The van der Waals surface area contributed by atoms with Gasteiger partial charge in [0.05, 0.1) is 12.4 Å². The minimum Gasteiger partial charge on any atom is -0.252 e. The molecule has 0 N–H and O–H groups in total. The number of hydrogen-bond acceptors (Lipinski definition) is 3. The lowest BCUT2D eigenvalue weighted by Gasteiger charge is -2.18. The van der Waals surface area contributed by atoms with E-state index in [2.05, 4.69) is 41.6 Å². The van der Waals surface area contributed by atoms with Gasteiger partial charge in [0, 0.05) is 17.0 Å². The van der Waals surface area contributed by atoms with Gasteiger partial charge in [-0.05, 0) is 12.1 Å². The largest absolute Gasteiger partial charge is 0.252 e. The van der Waals surface area contributed by atoms with Crippen molar-refractivity contribution in [1.29, 1.82) is 0 Å². The number of aromatic nitrogens is 1. The highest BCUT2D eigenvalue weighted by Gasteiger charge is 2.16. The van der Waals surface area contributed by atoms with E-state index in [-0.39, 0.29) is 5.41 Å². The SMILES string of the molecule is CC(C)(C)c1ccc2c(n1)C=NC=C=N2. The van der Waals surface area contributed by atoms with Crippen LogP contribution >= 0.6 is 0 Å². The van der Waals surface area contributed by atoms with E-state index in [1.165, 1.54) is 0 Å². The number of aliphatic imine (C=N–C) groups is 2. The molecule has 0 aliphatic carbocycles. The van der Waals surface area contributed by atoms with Crippen molar-refractivity contribution in [1.82, 2.24) is 4.98 Å². The van der Waals surface area contributed by atoms with Crippen LogP contribution in [-0.2, 0) is 5.41 Å². The number of hydrogen-bond donors (Lipinski definition) is 0. The van der Waals surface area contributed by atoms with Gasteiger partial charge in [-0.3, -0.25) is 4.99 Å². The molecule has 0 atom stereocenters. The average Bonchev–Trinajstić information content (AvgIpc) is 2.39. The smallest absolute Gasteiger partial charge is 0.108 e. The topological polar surface area (TPSA) is 37.6 Å². The first-order valence-electron chi connectivity index (χ1n) is 4.90. The van der Waals surface area contributed by atoms with Crippen molar-refractivity contribution in [2.45, 2.75) is 26.2 Å². The van der Waals surface area contributed by atoms with E-state index in [0.29, 0.717) is 0 Å². The Bertz CT molecular complexity index is 472. The van der Waals surface area contributed by atoms with Crippen LogP contribution < -0.4 is 0 Å². The Morgan fingerprint density at radius 3 is 2.73 bits per heavy atom. The Morgan fingerprint density at radius 1 is 1.20 bits per heavy atom. The highest BCUT2D eigenvalue weighted by molar-refractivity contribution is 5.87. The van der Waals surface area contributed by atoms with Gasteiger partial charge in [0.15, 0.2) is 0 Å². The molecule has 0 unspecified atom stereocenters. The standard InChI is InChI=1S/C12H13N3/c1-12(2,3)11-5-4-9-10(15-11)8-13-6-7-14-9/h4-6,8H,1-3H3. The van der Waals surface area contributed by atoms with Gasteiger partial charge in [0.1, 0.15) is 11.4 Å². The molecule has 1 aliphatic rings. The molecule has 3 heteroatoms. The van der Waals surface area contributed by atoms with Crippen LogP contribution in [0.3, 0.4) is 0 Å². The van der Waals surface area contributed by atoms with Crippen LogP contribution in [0, 0.1) is 0 Å². The first-order chi connectivity index (χ1) is 7.07. The molecular weight excluding hydrogens is 186 g/mol. The van der Waals surface area contributed by atoms with Gasteiger partial charge in [0.2, 0.25) is 0 Å². The maximum absolute atomic E-state index is 4.54. The van der Waals surface area contributed by atoms with Crippen LogP contribution in [0.2, 0.25) is 0 Å².